The van der Waals surface area contributed by atoms with Crippen LogP contribution in [-0.2, 0) is 9.84 Å². The Morgan fingerprint density at radius 1 is 1.26 bits per heavy atom. The monoisotopic (exact) mass is 348 g/mol. The van der Waals surface area contributed by atoms with Gasteiger partial charge in [-0.05, 0) is 36.5 Å². The van der Waals surface area contributed by atoms with Gasteiger partial charge in [0.25, 0.3) is 0 Å². The van der Waals surface area contributed by atoms with E-state index in [9.17, 15) is 8.42 Å². The molecule has 0 amide bonds. The van der Waals surface area contributed by atoms with Gasteiger partial charge in [0.15, 0.2) is 9.84 Å². The van der Waals surface area contributed by atoms with E-state index in [-0.39, 0.29) is 11.2 Å². The van der Waals surface area contributed by atoms with Crippen LogP contribution in [0.3, 0.4) is 0 Å². The van der Waals surface area contributed by atoms with Crippen LogP contribution in [-0.4, -0.2) is 26.6 Å². The lowest BCUT2D eigenvalue weighted by Gasteiger charge is -2.29. The van der Waals surface area contributed by atoms with Crippen molar-refractivity contribution in [3.63, 3.8) is 0 Å². The topological polar surface area (TPSA) is 43.4 Å². The van der Waals surface area contributed by atoms with Crippen molar-refractivity contribution in [3.8, 4) is 5.75 Å². The molecule has 0 saturated carbocycles. The number of sulfone groups is 1. The van der Waals surface area contributed by atoms with E-state index in [2.05, 4.69) is 15.9 Å². The van der Waals surface area contributed by atoms with Gasteiger partial charge in [-0.2, -0.15) is 0 Å². The Balaban J connectivity index is 3.10. The van der Waals surface area contributed by atoms with Gasteiger partial charge in [-0.1, -0.05) is 35.8 Å². The van der Waals surface area contributed by atoms with Crippen LogP contribution in [0.2, 0.25) is 0 Å². The Kier molecular flexibility index (Phi) is 5.86. The van der Waals surface area contributed by atoms with Crippen LogP contribution in [0.25, 0.3) is 0 Å². The average Bonchev–Trinajstić information content (AvgIpc) is 2.45. The Bertz CT molecular complexity index is 499. The standard InChI is InChI=1S/C14H21BrO3S/c1-4-14(5-2,10-15)11-19(16,17)13-8-6-7-12(9-13)18-3/h6-9H,4-5,10-11H2,1-3H3. The molecule has 1 aromatic rings. The summed E-state index contributed by atoms with van der Waals surface area (Å²) in [6.07, 6.45) is 1.66. The highest BCUT2D eigenvalue weighted by Crippen LogP contribution is 2.33. The molecule has 1 aromatic carbocycles. The van der Waals surface area contributed by atoms with Gasteiger partial charge in [0.2, 0.25) is 0 Å². The predicted molar refractivity (Wildman–Crippen MR) is 81.9 cm³/mol. The SMILES string of the molecule is CCC(CC)(CBr)CS(=O)(=O)c1cccc(OC)c1. The first-order valence-electron chi connectivity index (χ1n) is 6.36. The minimum Gasteiger partial charge on any atom is -0.497 e. The molecule has 0 fully saturated rings. The summed E-state index contributed by atoms with van der Waals surface area (Å²) in [6.45, 7) is 4.07. The lowest BCUT2D eigenvalue weighted by Crippen LogP contribution is -2.30. The van der Waals surface area contributed by atoms with Crippen molar-refractivity contribution < 1.29 is 13.2 Å². The van der Waals surface area contributed by atoms with E-state index in [0.717, 1.165) is 12.8 Å². The Hall–Kier alpha value is -0.550. The second-order valence-corrected chi connectivity index (χ2v) is 7.33. The molecule has 0 aliphatic carbocycles. The Morgan fingerprint density at radius 2 is 1.89 bits per heavy atom. The molecule has 19 heavy (non-hydrogen) atoms. The maximum absolute atomic E-state index is 12.5. The van der Waals surface area contributed by atoms with Crippen molar-refractivity contribution >= 4 is 25.8 Å². The van der Waals surface area contributed by atoms with Gasteiger partial charge in [-0.3, -0.25) is 0 Å². The molecule has 5 heteroatoms. The second kappa shape index (κ2) is 6.75. The number of ether oxygens (including phenoxy) is 1. The molecule has 0 aliphatic rings. The van der Waals surface area contributed by atoms with Gasteiger partial charge in [0.05, 0.1) is 17.8 Å². The van der Waals surface area contributed by atoms with Gasteiger partial charge in [-0.25, -0.2) is 8.42 Å². The van der Waals surface area contributed by atoms with E-state index < -0.39 is 9.84 Å². The zero-order valence-corrected chi connectivity index (χ0v) is 14.1. The van der Waals surface area contributed by atoms with Crippen molar-refractivity contribution in [1.82, 2.24) is 0 Å². The molecule has 0 heterocycles. The van der Waals surface area contributed by atoms with Crippen molar-refractivity contribution in [3.05, 3.63) is 24.3 Å². The smallest absolute Gasteiger partial charge is 0.179 e. The highest BCUT2D eigenvalue weighted by molar-refractivity contribution is 9.09. The van der Waals surface area contributed by atoms with E-state index >= 15 is 0 Å². The number of rotatable bonds is 7. The van der Waals surface area contributed by atoms with Crippen molar-refractivity contribution in [2.75, 3.05) is 18.2 Å². The second-order valence-electron chi connectivity index (χ2n) is 4.78. The third-order valence-corrected chi connectivity index (χ3v) is 6.83. The Labute approximate surface area is 124 Å². The largest absolute Gasteiger partial charge is 0.497 e. The van der Waals surface area contributed by atoms with Crippen molar-refractivity contribution in [1.29, 1.82) is 0 Å². The zero-order chi connectivity index (χ0) is 14.5. The summed E-state index contributed by atoms with van der Waals surface area (Å²) in [5, 5.41) is 0.691. The van der Waals surface area contributed by atoms with Gasteiger partial charge in [0, 0.05) is 5.33 Å². The first-order chi connectivity index (χ1) is 8.93. The van der Waals surface area contributed by atoms with Crippen LogP contribution >= 0.6 is 15.9 Å². The van der Waals surface area contributed by atoms with Gasteiger partial charge in [0.1, 0.15) is 5.75 Å². The highest BCUT2D eigenvalue weighted by Gasteiger charge is 2.32. The molecule has 0 spiro atoms. The molecule has 0 saturated heterocycles. The number of halogens is 1. The number of benzene rings is 1. The summed E-state index contributed by atoms with van der Waals surface area (Å²) in [6, 6.07) is 6.66. The van der Waals surface area contributed by atoms with Crippen LogP contribution in [0.15, 0.2) is 29.2 Å². The van der Waals surface area contributed by atoms with E-state index in [4.69, 9.17) is 4.74 Å². The van der Waals surface area contributed by atoms with E-state index in [0.29, 0.717) is 16.0 Å². The third-order valence-electron chi connectivity index (χ3n) is 3.68. The fourth-order valence-electron chi connectivity index (χ4n) is 1.96. The Morgan fingerprint density at radius 3 is 2.37 bits per heavy atom. The van der Waals surface area contributed by atoms with E-state index in [1.165, 1.54) is 7.11 Å². The summed E-state index contributed by atoms with van der Waals surface area (Å²) < 4.78 is 30.1. The molecule has 0 atom stereocenters. The number of methoxy groups -OCH3 is 1. The lowest BCUT2D eigenvalue weighted by molar-refractivity contribution is 0.351. The predicted octanol–water partition coefficient (Wildman–Crippen LogP) is 3.67. The summed E-state index contributed by atoms with van der Waals surface area (Å²) in [7, 11) is -1.76. The minimum atomic E-state index is -3.30. The molecular weight excluding hydrogens is 328 g/mol. The third kappa shape index (κ3) is 3.96. The van der Waals surface area contributed by atoms with Gasteiger partial charge >= 0.3 is 0 Å². The highest BCUT2D eigenvalue weighted by atomic mass is 79.9. The van der Waals surface area contributed by atoms with E-state index in [1.807, 2.05) is 13.8 Å². The van der Waals surface area contributed by atoms with Crippen LogP contribution in [0.4, 0.5) is 0 Å². The van der Waals surface area contributed by atoms with E-state index in [1.54, 1.807) is 24.3 Å². The average molecular weight is 349 g/mol. The van der Waals surface area contributed by atoms with Crippen LogP contribution < -0.4 is 4.74 Å². The number of alkyl halides is 1. The van der Waals surface area contributed by atoms with Gasteiger partial charge in [-0.15, -0.1) is 0 Å². The van der Waals surface area contributed by atoms with Gasteiger partial charge < -0.3 is 4.74 Å². The molecule has 1 rings (SSSR count). The molecule has 0 bridgehead atoms. The lowest BCUT2D eigenvalue weighted by atomic mass is 9.87. The molecule has 0 N–H and O–H groups in total. The van der Waals surface area contributed by atoms with Crippen molar-refractivity contribution in [2.24, 2.45) is 5.41 Å². The zero-order valence-electron chi connectivity index (χ0n) is 11.6. The molecule has 3 nitrogen and oxygen atoms in total. The molecule has 108 valence electrons. The maximum atomic E-state index is 12.5. The van der Waals surface area contributed by atoms with Crippen LogP contribution in [0, 0.1) is 5.41 Å². The summed E-state index contributed by atoms with van der Waals surface area (Å²) in [4.78, 5) is 0.332. The fourth-order valence-corrected chi connectivity index (χ4v) is 5.28. The number of hydrogen-bond acceptors (Lipinski definition) is 3. The summed E-state index contributed by atoms with van der Waals surface area (Å²) >= 11 is 3.46. The molecular formula is C14H21BrO3S. The maximum Gasteiger partial charge on any atom is 0.179 e. The fraction of sp³-hybridized carbons (Fsp3) is 0.571. The summed E-state index contributed by atoms with van der Waals surface area (Å²) in [5.41, 5.74) is -0.206. The molecule has 0 aromatic heterocycles. The number of hydrogen-bond donors (Lipinski definition) is 0. The first kappa shape index (κ1) is 16.5. The molecule has 0 aliphatic heterocycles. The quantitative estimate of drug-likeness (QED) is 0.706. The van der Waals surface area contributed by atoms with Crippen LogP contribution in [0.5, 0.6) is 5.75 Å². The normalized spacial score (nSPS) is 12.4. The minimum absolute atomic E-state index is 0.158. The van der Waals surface area contributed by atoms with Crippen LogP contribution in [0.1, 0.15) is 26.7 Å². The molecule has 0 unspecified atom stereocenters. The first-order valence-corrected chi connectivity index (χ1v) is 9.13. The van der Waals surface area contributed by atoms with Crippen molar-refractivity contribution in [2.45, 2.75) is 31.6 Å². The summed E-state index contributed by atoms with van der Waals surface area (Å²) in [5.74, 6) is 0.726. The molecule has 0 radical (unpaired) electrons.